The molecule has 76 valence electrons. The van der Waals surface area contributed by atoms with Crippen molar-refractivity contribution in [3.05, 3.63) is 21.3 Å². The van der Waals surface area contributed by atoms with E-state index in [1.54, 1.807) is 0 Å². The Morgan fingerprint density at radius 2 is 2.07 bits per heavy atom. The topological polar surface area (TPSA) is 38.7 Å². The number of hydrogen-bond acceptors (Lipinski definition) is 3. The van der Waals surface area contributed by atoms with Crippen molar-refractivity contribution in [2.75, 3.05) is 0 Å². The van der Waals surface area contributed by atoms with Crippen LogP contribution in [0, 0.1) is 3.57 Å². The molecule has 0 amide bonds. The van der Waals surface area contributed by atoms with E-state index in [1.165, 1.54) is 0 Å². The van der Waals surface area contributed by atoms with Gasteiger partial charge in [0.2, 0.25) is 5.79 Å². The molecule has 0 saturated carbocycles. The van der Waals surface area contributed by atoms with Crippen LogP contribution in [0.2, 0.25) is 0 Å². The zero-order valence-corrected chi connectivity index (χ0v) is 10.2. The fourth-order valence-electron chi connectivity index (χ4n) is 1.42. The minimum atomic E-state index is -0.601. The van der Waals surface area contributed by atoms with Crippen LogP contribution in [0.4, 0.5) is 0 Å². The smallest absolute Gasteiger partial charge is 0.246 e. The molecule has 2 rings (SSSR count). The Morgan fingerprint density at radius 3 is 2.71 bits per heavy atom. The zero-order valence-electron chi connectivity index (χ0n) is 8.00. The van der Waals surface area contributed by atoms with E-state index in [0.717, 1.165) is 14.9 Å². The first kappa shape index (κ1) is 10.0. The Bertz CT molecular complexity index is 374. The van der Waals surface area contributed by atoms with Crippen LogP contribution in [0.1, 0.15) is 19.4 Å². The van der Waals surface area contributed by atoms with Crippen LogP contribution in [-0.4, -0.2) is 10.9 Å². The third-order valence-corrected chi connectivity index (χ3v) is 2.76. The van der Waals surface area contributed by atoms with Gasteiger partial charge in [-0.05, 0) is 40.3 Å². The van der Waals surface area contributed by atoms with Gasteiger partial charge < -0.3 is 14.6 Å². The first-order chi connectivity index (χ1) is 6.52. The number of hydrogen-bond donors (Lipinski definition) is 1. The van der Waals surface area contributed by atoms with Crippen LogP contribution in [0.15, 0.2) is 12.1 Å². The van der Waals surface area contributed by atoms with Gasteiger partial charge in [0.05, 0.1) is 10.2 Å². The van der Waals surface area contributed by atoms with Crippen molar-refractivity contribution >= 4 is 22.6 Å². The molecule has 1 aliphatic rings. The van der Waals surface area contributed by atoms with Gasteiger partial charge >= 0.3 is 0 Å². The fourth-order valence-corrected chi connectivity index (χ4v) is 2.20. The lowest BCUT2D eigenvalue weighted by Crippen LogP contribution is -2.29. The van der Waals surface area contributed by atoms with Crippen LogP contribution in [0.5, 0.6) is 11.5 Å². The molecule has 0 unspecified atom stereocenters. The second-order valence-corrected chi connectivity index (χ2v) is 4.83. The molecule has 0 fully saturated rings. The maximum Gasteiger partial charge on any atom is 0.246 e. The number of benzene rings is 1. The standard InChI is InChI=1S/C10H11IO3/c1-10(2)13-8-4-6(5-12)3-7(11)9(8)14-10/h3-4,12H,5H2,1-2H3. The molecule has 1 aliphatic heterocycles. The van der Waals surface area contributed by atoms with Gasteiger partial charge in [-0.2, -0.15) is 0 Å². The molecule has 3 nitrogen and oxygen atoms in total. The molecule has 1 N–H and O–H groups in total. The number of aliphatic hydroxyl groups is 1. The highest BCUT2D eigenvalue weighted by molar-refractivity contribution is 14.1. The largest absolute Gasteiger partial charge is 0.449 e. The third-order valence-electron chi connectivity index (χ3n) is 1.96. The summed E-state index contributed by atoms with van der Waals surface area (Å²) in [4.78, 5) is 0. The zero-order chi connectivity index (χ0) is 10.3. The lowest BCUT2D eigenvalue weighted by Gasteiger charge is -2.16. The first-order valence-electron chi connectivity index (χ1n) is 4.33. The monoisotopic (exact) mass is 306 g/mol. The van der Waals surface area contributed by atoms with Gasteiger partial charge in [-0.3, -0.25) is 0 Å². The summed E-state index contributed by atoms with van der Waals surface area (Å²) in [7, 11) is 0. The maximum atomic E-state index is 9.02. The maximum absolute atomic E-state index is 9.02. The van der Waals surface area contributed by atoms with Crippen LogP contribution >= 0.6 is 22.6 Å². The third kappa shape index (κ3) is 1.68. The fraction of sp³-hybridized carbons (Fsp3) is 0.400. The average molecular weight is 306 g/mol. The van der Waals surface area contributed by atoms with Crippen molar-refractivity contribution < 1.29 is 14.6 Å². The molecule has 0 radical (unpaired) electrons. The Hall–Kier alpha value is -0.490. The predicted octanol–water partition coefficient (Wildman–Crippen LogP) is 2.29. The van der Waals surface area contributed by atoms with Crippen molar-refractivity contribution in [2.24, 2.45) is 0 Å². The number of aliphatic hydroxyl groups excluding tert-OH is 1. The molecule has 0 bridgehead atoms. The summed E-state index contributed by atoms with van der Waals surface area (Å²) in [5.74, 6) is 0.884. The van der Waals surface area contributed by atoms with Crippen molar-refractivity contribution in [3.8, 4) is 11.5 Å². The minimum Gasteiger partial charge on any atom is -0.449 e. The number of fused-ring (bicyclic) bond motifs is 1. The molecule has 0 spiro atoms. The molecule has 0 saturated heterocycles. The minimum absolute atomic E-state index is 0.0209. The van der Waals surface area contributed by atoms with Crippen molar-refractivity contribution in [1.29, 1.82) is 0 Å². The van der Waals surface area contributed by atoms with E-state index in [2.05, 4.69) is 22.6 Å². The first-order valence-corrected chi connectivity index (χ1v) is 5.41. The van der Waals surface area contributed by atoms with Gasteiger partial charge in [0, 0.05) is 13.8 Å². The summed E-state index contributed by atoms with van der Waals surface area (Å²) in [6, 6.07) is 3.70. The SMILES string of the molecule is CC1(C)Oc2cc(CO)cc(I)c2O1. The molecule has 1 aromatic rings. The van der Waals surface area contributed by atoms with Crippen LogP contribution in [0.25, 0.3) is 0 Å². The van der Waals surface area contributed by atoms with Crippen molar-refractivity contribution in [2.45, 2.75) is 26.2 Å². The van der Waals surface area contributed by atoms with Gasteiger partial charge in [0.1, 0.15) is 0 Å². The Balaban J connectivity index is 2.47. The van der Waals surface area contributed by atoms with E-state index in [4.69, 9.17) is 14.6 Å². The van der Waals surface area contributed by atoms with E-state index < -0.39 is 5.79 Å². The summed E-state index contributed by atoms with van der Waals surface area (Å²) < 4.78 is 12.2. The molecule has 1 aromatic carbocycles. The highest BCUT2D eigenvalue weighted by Crippen LogP contribution is 2.43. The second-order valence-electron chi connectivity index (χ2n) is 3.67. The van der Waals surface area contributed by atoms with Gasteiger partial charge in [0.25, 0.3) is 0 Å². The second kappa shape index (κ2) is 3.27. The van der Waals surface area contributed by atoms with Crippen molar-refractivity contribution in [1.82, 2.24) is 0 Å². The Morgan fingerprint density at radius 1 is 1.36 bits per heavy atom. The molecule has 4 heteroatoms. The summed E-state index contributed by atoms with van der Waals surface area (Å²) >= 11 is 2.18. The number of halogens is 1. The van der Waals surface area contributed by atoms with Crippen LogP contribution in [-0.2, 0) is 6.61 Å². The van der Waals surface area contributed by atoms with E-state index in [-0.39, 0.29) is 6.61 Å². The normalized spacial score (nSPS) is 17.1. The highest BCUT2D eigenvalue weighted by atomic mass is 127. The quantitative estimate of drug-likeness (QED) is 0.809. The average Bonchev–Trinajstić information content (AvgIpc) is 2.40. The lowest BCUT2D eigenvalue weighted by molar-refractivity contribution is -0.0435. The summed E-state index contributed by atoms with van der Waals surface area (Å²) in [5.41, 5.74) is 0.842. The van der Waals surface area contributed by atoms with Gasteiger partial charge in [-0.1, -0.05) is 0 Å². The summed E-state index contributed by atoms with van der Waals surface area (Å²) in [6.45, 7) is 3.75. The van der Waals surface area contributed by atoms with E-state index in [0.29, 0.717) is 5.75 Å². The Kier molecular flexibility index (Phi) is 2.35. The van der Waals surface area contributed by atoms with Gasteiger partial charge in [-0.15, -0.1) is 0 Å². The molecular weight excluding hydrogens is 295 g/mol. The predicted molar refractivity (Wildman–Crippen MR) is 60.4 cm³/mol. The number of rotatable bonds is 1. The van der Waals surface area contributed by atoms with Gasteiger partial charge in [-0.25, -0.2) is 0 Å². The summed E-state index contributed by atoms with van der Waals surface area (Å²) in [5, 5.41) is 9.02. The molecule has 0 aromatic heterocycles. The lowest BCUT2D eigenvalue weighted by atomic mass is 10.2. The van der Waals surface area contributed by atoms with Crippen LogP contribution < -0.4 is 9.47 Å². The van der Waals surface area contributed by atoms with E-state index in [9.17, 15) is 0 Å². The van der Waals surface area contributed by atoms with E-state index >= 15 is 0 Å². The van der Waals surface area contributed by atoms with Crippen molar-refractivity contribution in [3.63, 3.8) is 0 Å². The molecule has 1 heterocycles. The van der Waals surface area contributed by atoms with Crippen LogP contribution in [0.3, 0.4) is 0 Å². The number of ether oxygens (including phenoxy) is 2. The highest BCUT2D eigenvalue weighted by Gasteiger charge is 2.33. The summed E-state index contributed by atoms with van der Waals surface area (Å²) in [6.07, 6.45) is 0. The molecule has 0 aliphatic carbocycles. The van der Waals surface area contributed by atoms with Gasteiger partial charge in [0.15, 0.2) is 11.5 Å². The molecule has 0 atom stereocenters. The molecular formula is C10H11IO3. The Labute approximate surface area is 96.2 Å². The molecule has 14 heavy (non-hydrogen) atoms. The van der Waals surface area contributed by atoms with E-state index in [1.807, 2.05) is 26.0 Å².